The minimum absolute atomic E-state index is 0.181. The lowest BCUT2D eigenvalue weighted by Crippen LogP contribution is -2.40. The molecule has 0 spiro atoms. The molecule has 2 heterocycles. The summed E-state index contributed by atoms with van der Waals surface area (Å²) in [7, 11) is 0. The van der Waals surface area contributed by atoms with Gasteiger partial charge in [0.1, 0.15) is 11.5 Å². The number of nitrogens with one attached hydrogen (secondary N) is 2. The van der Waals surface area contributed by atoms with Gasteiger partial charge in [0.15, 0.2) is 5.96 Å². The van der Waals surface area contributed by atoms with Crippen LogP contribution < -0.4 is 15.4 Å². The van der Waals surface area contributed by atoms with Gasteiger partial charge in [-0.15, -0.1) is 0 Å². The van der Waals surface area contributed by atoms with Gasteiger partial charge in [0.05, 0.1) is 25.5 Å². The van der Waals surface area contributed by atoms with Crippen LogP contribution in [0.25, 0.3) is 0 Å². The van der Waals surface area contributed by atoms with Crippen molar-refractivity contribution in [1.29, 1.82) is 0 Å². The molecule has 2 aromatic rings. The Morgan fingerprint density at radius 1 is 1.30 bits per heavy atom. The first kappa shape index (κ1) is 22.2. The largest absolute Gasteiger partial charge is 0.490 e. The van der Waals surface area contributed by atoms with Gasteiger partial charge in [-0.2, -0.15) is 0 Å². The zero-order valence-corrected chi connectivity index (χ0v) is 18.4. The molecule has 2 atom stereocenters. The van der Waals surface area contributed by atoms with Crippen molar-refractivity contribution in [3.8, 4) is 5.75 Å². The molecule has 1 fully saturated rings. The van der Waals surface area contributed by atoms with Gasteiger partial charge in [-0.05, 0) is 50.5 Å². The summed E-state index contributed by atoms with van der Waals surface area (Å²) < 4.78 is 17.1. The van der Waals surface area contributed by atoms with Crippen molar-refractivity contribution in [3.05, 3.63) is 53.5 Å². The number of aryl methyl sites for hydroxylation is 1. The highest BCUT2D eigenvalue weighted by Crippen LogP contribution is 2.23. The van der Waals surface area contributed by atoms with E-state index in [0.717, 1.165) is 68.6 Å². The molecular weight excluding hydrogens is 378 g/mol. The number of hydrogen-bond acceptors (Lipinski definition) is 4. The monoisotopic (exact) mass is 413 g/mol. The molecule has 0 aliphatic carbocycles. The molecule has 1 aliphatic heterocycles. The lowest BCUT2D eigenvalue weighted by molar-refractivity contribution is 0.186. The van der Waals surface area contributed by atoms with Crippen molar-refractivity contribution in [2.75, 3.05) is 26.3 Å². The van der Waals surface area contributed by atoms with E-state index in [1.807, 2.05) is 12.1 Å². The number of rotatable bonds is 10. The zero-order chi connectivity index (χ0) is 21.2. The topological polar surface area (TPSA) is 68.0 Å². The lowest BCUT2D eigenvalue weighted by Gasteiger charge is -2.17. The number of furan rings is 1. The molecule has 6 heteroatoms. The number of hydrogen-bond donors (Lipinski definition) is 2. The second-order valence-electron chi connectivity index (χ2n) is 7.98. The summed E-state index contributed by atoms with van der Waals surface area (Å²) >= 11 is 0. The highest BCUT2D eigenvalue weighted by molar-refractivity contribution is 5.79. The Hall–Kier alpha value is -2.47. The van der Waals surface area contributed by atoms with Crippen molar-refractivity contribution < 1.29 is 13.9 Å². The highest BCUT2D eigenvalue weighted by atomic mass is 16.5. The Bertz CT molecular complexity index is 783. The Morgan fingerprint density at radius 3 is 2.93 bits per heavy atom. The molecule has 1 aromatic carbocycles. The number of benzene rings is 1. The van der Waals surface area contributed by atoms with E-state index in [2.05, 4.69) is 49.6 Å². The van der Waals surface area contributed by atoms with Crippen molar-refractivity contribution in [3.63, 3.8) is 0 Å². The average molecular weight is 414 g/mol. The summed E-state index contributed by atoms with van der Waals surface area (Å²) in [6.45, 7) is 10.2. The minimum atomic E-state index is 0.181. The number of aliphatic imine (C=N–C) groups is 1. The fourth-order valence-electron chi connectivity index (χ4n) is 3.28. The molecule has 1 saturated heterocycles. The third-order valence-corrected chi connectivity index (χ3v) is 5.36. The van der Waals surface area contributed by atoms with Gasteiger partial charge in [-0.3, -0.25) is 0 Å². The van der Waals surface area contributed by atoms with Crippen molar-refractivity contribution >= 4 is 5.96 Å². The first-order chi connectivity index (χ1) is 14.6. The van der Waals surface area contributed by atoms with E-state index in [0.29, 0.717) is 12.5 Å². The standard InChI is InChI=1S/C24H35N3O3/c1-4-19(3)30-23-14-18(2)7-8-21(23)16-27-24(26-15-20-10-13-28-17-20)25-11-9-22-6-5-12-29-22/h5-8,12,14,19-20H,4,9-11,13,15-17H2,1-3H3,(H2,25,26,27). The van der Waals surface area contributed by atoms with E-state index < -0.39 is 0 Å². The molecule has 164 valence electrons. The normalized spacial score (nSPS) is 17.7. The molecule has 0 bridgehead atoms. The average Bonchev–Trinajstić information content (AvgIpc) is 3.45. The molecule has 3 rings (SSSR count). The minimum Gasteiger partial charge on any atom is -0.490 e. The summed E-state index contributed by atoms with van der Waals surface area (Å²) in [5.74, 6) is 3.23. The Balaban J connectivity index is 1.64. The van der Waals surface area contributed by atoms with Crippen LogP contribution in [0, 0.1) is 12.8 Å². The molecule has 30 heavy (non-hydrogen) atoms. The number of ether oxygens (including phenoxy) is 2. The van der Waals surface area contributed by atoms with Gasteiger partial charge >= 0.3 is 0 Å². The fraction of sp³-hybridized carbons (Fsp3) is 0.542. The van der Waals surface area contributed by atoms with Crippen LogP contribution in [-0.2, 0) is 17.7 Å². The van der Waals surface area contributed by atoms with Crippen LogP contribution in [0.2, 0.25) is 0 Å². The first-order valence-electron chi connectivity index (χ1n) is 11.0. The first-order valence-corrected chi connectivity index (χ1v) is 11.0. The van der Waals surface area contributed by atoms with Crippen molar-refractivity contribution in [2.45, 2.75) is 52.7 Å². The van der Waals surface area contributed by atoms with E-state index in [4.69, 9.17) is 18.9 Å². The summed E-state index contributed by atoms with van der Waals surface area (Å²) in [5, 5.41) is 6.91. The highest BCUT2D eigenvalue weighted by Gasteiger charge is 2.16. The summed E-state index contributed by atoms with van der Waals surface area (Å²) in [5.41, 5.74) is 2.29. The van der Waals surface area contributed by atoms with Gasteiger partial charge in [-0.25, -0.2) is 4.99 Å². The van der Waals surface area contributed by atoms with Crippen LogP contribution in [0.4, 0.5) is 0 Å². The molecule has 2 unspecified atom stereocenters. The van der Waals surface area contributed by atoms with Gasteiger partial charge in [0.2, 0.25) is 0 Å². The lowest BCUT2D eigenvalue weighted by atomic mass is 10.1. The SMILES string of the molecule is CCC(C)Oc1cc(C)ccc1CN=C(NCCc1ccco1)NCC1CCOC1. The predicted octanol–water partition coefficient (Wildman–Crippen LogP) is 4.08. The molecule has 0 radical (unpaired) electrons. The third kappa shape index (κ3) is 7.10. The van der Waals surface area contributed by atoms with Crippen LogP contribution >= 0.6 is 0 Å². The van der Waals surface area contributed by atoms with Crippen LogP contribution in [0.1, 0.15) is 43.6 Å². The quantitative estimate of drug-likeness (QED) is 0.454. The summed E-state index contributed by atoms with van der Waals surface area (Å²) in [6, 6.07) is 10.2. The molecule has 0 amide bonds. The summed E-state index contributed by atoms with van der Waals surface area (Å²) in [4.78, 5) is 4.84. The van der Waals surface area contributed by atoms with Crippen LogP contribution in [0.15, 0.2) is 46.0 Å². The molecule has 2 N–H and O–H groups in total. The van der Waals surface area contributed by atoms with Crippen LogP contribution in [-0.4, -0.2) is 38.4 Å². The van der Waals surface area contributed by atoms with Crippen LogP contribution in [0.5, 0.6) is 5.75 Å². The predicted molar refractivity (Wildman–Crippen MR) is 120 cm³/mol. The zero-order valence-electron chi connectivity index (χ0n) is 18.4. The van der Waals surface area contributed by atoms with E-state index >= 15 is 0 Å². The second-order valence-corrected chi connectivity index (χ2v) is 7.98. The summed E-state index contributed by atoms with van der Waals surface area (Å²) in [6.07, 6.45) is 4.77. The van der Waals surface area contributed by atoms with Gasteiger partial charge in [0.25, 0.3) is 0 Å². The van der Waals surface area contributed by atoms with E-state index in [9.17, 15) is 0 Å². The molecular formula is C24H35N3O3. The maximum atomic E-state index is 6.14. The van der Waals surface area contributed by atoms with Crippen molar-refractivity contribution in [1.82, 2.24) is 10.6 Å². The molecule has 6 nitrogen and oxygen atoms in total. The van der Waals surface area contributed by atoms with E-state index in [1.54, 1.807) is 6.26 Å². The Kier molecular flexibility index (Phi) is 8.63. The smallest absolute Gasteiger partial charge is 0.191 e. The van der Waals surface area contributed by atoms with Gasteiger partial charge in [-0.1, -0.05) is 19.1 Å². The van der Waals surface area contributed by atoms with Gasteiger partial charge < -0.3 is 24.5 Å². The van der Waals surface area contributed by atoms with Crippen molar-refractivity contribution in [2.24, 2.45) is 10.9 Å². The third-order valence-electron chi connectivity index (χ3n) is 5.36. The van der Waals surface area contributed by atoms with Gasteiger partial charge in [0, 0.05) is 37.6 Å². The second kappa shape index (κ2) is 11.6. The fourth-order valence-corrected chi connectivity index (χ4v) is 3.28. The number of guanidine groups is 1. The maximum Gasteiger partial charge on any atom is 0.191 e. The van der Waals surface area contributed by atoms with E-state index in [1.165, 1.54) is 5.56 Å². The Morgan fingerprint density at radius 2 is 2.20 bits per heavy atom. The Labute approximate surface area is 180 Å². The number of nitrogens with zero attached hydrogens (tertiary/aromatic N) is 1. The van der Waals surface area contributed by atoms with Crippen LogP contribution in [0.3, 0.4) is 0 Å². The maximum absolute atomic E-state index is 6.14. The molecule has 1 aromatic heterocycles. The molecule has 0 saturated carbocycles. The molecule has 1 aliphatic rings. The van der Waals surface area contributed by atoms with E-state index in [-0.39, 0.29) is 6.10 Å².